The minimum absolute atomic E-state index is 0.0912. The van der Waals surface area contributed by atoms with Gasteiger partial charge in [0, 0.05) is 0 Å². The van der Waals surface area contributed by atoms with Crippen LogP contribution in [0.25, 0.3) is 5.41 Å². The van der Waals surface area contributed by atoms with Crippen molar-refractivity contribution in [3.05, 3.63) is 11.1 Å². The molecule has 0 saturated heterocycles. The van der Waals surface area contributed by atoms with E-state index in [4.69, 9.17) is 15.9 Å². The molecule has 0 aliphatic carbocycles. The van der Waals surface area contributed by atoms with E-state index in [9.17, 15) is 4.79 Å². The fraction of sp³-hybridized carbons (Fsp3) is 0.250. The lowest BCUT2D eigenvalue weighted by atomic mass is 10.4. The van der Waals surface area contributed by atoms with Gasteiger partial charge in [-0.3, -0.25) is 0 Å². The molecule has 0 saturated carbocycles. The van der Waals surface area contributed by atoms with Crippen LogP contribution in [0.2, 0.25) is 0 Å². The monoisotopic (exact) mass is 189 g/mol. The third-order valence-corrected chi connectivity index (χ3v) is 1.01. The van der Waals surface area contributed by atoms with Gasteiger partial charge in [0.25, 0.3) is 0 Å². The van der Waals surface area contributed by atoms with Crippen LogP contribution in [-0.4, -0.2) is 24.2 Å². The fourth-order valence-electron chi connectivity index (χ4n) is 0.503. The van der Waals surface area contributed by atoms with Gasteiger partial charge in [0.05, 0.1) is 6.61 Å². The van der Waals surface area contributed by atoms with Crippen LogP contribution in [0.4, 0.5) is 0 Å². The summed E-state index contributed by atoms with van der Waals surface area (Å²) in [5.74, 6) is 0.476. The van der Waals surface area contributed by atoms with E-state index in [0.29, 0.717) is 0 Å². The Morgan fingerprint density at radius 1 is 1.50 bits per heavy atom. The van der Waals surface area contributed by atoms with Crippen molar-refractivity contribution in [1.82, 2.24) is 0 Å². The maximum absolute atomic E-state index is 10.9. The van der Waals surface area contributed by atoms with Crippen LogP contribution in [0.3, 0.4) is 0 Å². The topological polar surface area (TPSA) is 109 Å². The molecular formula is C8H5N4O2-. The summed E-state index contributed by atoms with van der Waals surface area (Å²) >= 11 is 0. The third kappa shape index (κ3) is 3.31. The number of nitriles is 2. The predicted molar refractivity (Wildman–Crippen MR) is 47.2 cm³/mol. The number of carbonyl (C=O) groups excluding carboxylic acids is 1. The Hall–Kier alpha value is -2.43. The van der Waals surface area contributed by atoms with E-state index >= 15 is 0 Å². The largest absolute Gasteiger partial charge is 0.761 e. The molecule has 0 atom stereocenters. The number of nitrogens with zero attached hydrogens (tertiary/aromatic N) is 4. The molecule has 0 aromatic carbocycles. The molecule has 0 aliphatic rings. The summed E-state index contributed by atoms with van der Waals surface area (Å²) in [6.07, 6.45) is 0. The minimum Gasteiger partial charge on any atom is -0.761 e. The highest BCUT2D eigenvalue weighted by atomic mass is 16.5. The van der Waals surface area contributed by atoms with Crippen molar-refractivity contribution in [2.24, 2.45) is 4.99 Å². The van der Waals surface area contributed by atoms with E-state index < -0.39 is 17.4 Å². The molecule has 14 heavy (non-hydrogen) atoms. The summed E-state index contributed by atoms with van der Waals surface area (Å²) in [7, 11) is 0. The van der Waals surface area contributed by atoms with Crippen LogP contribution in [0, 0.1) is 22.7 Å². The molecule has 6 nitrogen and oxygen atoms in total. The van der Waals surface area contributed by atoms with Crippen LogP contribution in [0.5, 0.6) is 0 Å². The van der Waals surface area contributed by atoms with Crippen molar-refractivity contribution in [3.63, 3.8) is 0 Å². The normalized spacial score (nSPS) is 9.21. The third-order valence-electron chi connectivity index (χ3n) is 1.01. The summed E-state index contributed by atoms with van der Waals surface area (Å²) < 4.78 is 4.46. The molecular weight excluding hydrogens is 184 g/mol. The van der Waals surface area contributed by atoms with E-state index in [1.54, 1.807) is 6.92 Å². The molecule has 0 aromatic heterocycles. The highest BCUT2D eigenvalue weighted by Crippen LogP contribution is 1.92. The molecule has 0 unspecified atom stereocenters. The van der Waals surface area contributed by atoms with Crippen molar-refractivity contribution in [3.8, 4) is 12.1 Å². The van der Waals surface area contributed by atoms with E-state index in [-0.39, 0.29) is 6.61 Å². The molecule has 6 heteroatoms. The highest BCUT2D eigenvalue weighted by Gasteiger charge is 2.11. The molecule has 0 amide bonds. The van der Waals surface area contributed by atoms with Crippen LogP contribution < -0.4 is 0 Å². The van der Waals surface area contributed by atoms with Gasteiger partial charge in [-0.15, -0.1) is 0 Å². The second-order valence-electron chi connectivity index (χ2n) is 1.86. The zero-order valence-electron chi connectivity index (χ0n) is 7.31. The van der Waals surface area contributed by atoms with Gasteiger partial charge in [-0.25, -0.2) is 15.7 Å². The van der Waals surface area contributed by atoms with Gasteiger partial charge < -0.3 is 10.1 Å². The lowest BCUT2D eigenvalue weighted by Crippen LogP contribution is -2.15. The average Bonchev–Trinajstić information content (AvgIpc) is 2.20. The van der Waals surface area contributed by atoms with Gasteiger partial charge in [0.1, 0.15) is 12.1 Å². The van der Waals surface area contributed by atoms with Crippen molar-refractivity contribution in [2.75, 3.05) is 6.61 Å². The number of hydrogen-bond donors (Lipinski definition) is 0. The molecule has 0 rings (SSSR count). The first kappa shape index (κ1) is 11.6. The molecule has 70 valence electrons. The Bertz CT molecular complexity index is 391. The molecule has 0 N–H and O–H groups in total. The van der Waals surface area contributed by atoms with Gasteiger partial charge in [-0.05, 0) is 6.92 Å². The number of ether oxygens (including phenoxy) is 1. The number of hydrogen-bond acceptors (Lipinski definition) is 5. The van der Waals surface area contributed by atoms with Crippen LogP contribution >= 0.6 is 0 Å². The van der Waals surface area contributed by atoms with Crippen LogP contribution in [0.1, 0.15) is 6.92 Å². The van der Waals surface area contributed by atoms with Gasteiger partial charge >= 0.3 is 5.97 Å². The number of esters is 1. The zero-order chi connectivity index (χ0) is 11.0. The van der Waals surface area contributed by atoms with E-state index in [1.807, 2.05) is 0 Å². The summed E-state index contributed by atoms with van der Waals surface area (Å²) in [5.41, 5.74) is -1.17. The lowest BCUT2D eigenvalue weighted by molar-refractivity contribution is -0.134. The fourth-order valence-corrected chi connectivity index (χ4v) is 0.503. The summed E-state index contributed by atoms with van der Waals surface area (Å²) in [6, 6.07) is 2.86. The van der Waals surface area contributed by atoms with Crippen LogP contribution in [0.15, 0.2) is 10.7 Å². The maximum atomic E-state index is 10.9. The Morgan fingerprint density at radius 3 is 2.50 bits per heavy atom. The van der Waals surface area contributed by atoms with Crippen molar-refractivity contribution >= 4 is 17.6 Å². The summed E-state index contributed by atoms with van der Waals surface area (Å²) in [6.45, 7) is 1.65. The highest BCUT2D eigenvalue weighted by molar-refractivity contribution is 6.43. The number of aliphatic imine (C=N–C) groups is 1. The van der Waals surface area contributed by atoms with E-state index in [2.05, 4.69) is 9.73 Å². The van der Waals surface area contributed by atoms with Crippen LogP contribution in [-0.2, 0) is 9.53 Å². The number of allylic oxidation sites excluding steroid dienone is 1. The van der Waals surface area contributed by atoms with Crippen molar-refractivity contribution < 1.29 is 9.53 Å². The Balaban J connectivity index is 4.94. The van der Waals surface area contributed by atoms with Gasteiger partial charge in [-0.1, -0.05) is 0 Å². The number of carbonyl (C=O) groups is 1. The molecule has 0 bridgehead atoms. The van der Waals surface area contributed by atoms with Crippen molar-refractivity contribution in [2.45, 2.75) is 6.92 Å². The molecule has 0 fully saturated rings. The predicted octanol–water partition coefficient (Wildman–Crippen LogP) is 0.161. The standard InChI is InChI=1S/C8H5N4O2/c1-2-14-8(13)7(5-11)12-6(3-9)4-10/h2H2,1H3/q-1. The first-order valence-corrected chi connectivity index (χ1v) is 3.52. The second kappa shape index (κ2) is 6.13. The minimum atomic E-state index is -0.946. The maximum Gasteiger partial charge on any atom is 0.368 e. The molecule has 0 aromatic rings. The van der Waals surface area contributed by atoms with E-state index in [1.165, 1.54) is 18.0 Å². The Kier molecular flexibility index (Phi) is 5.06. The lowest BCUT2D eigenvalue weighted by Gasteiger charge is -1.97. The first-order valence-electron chi connectivity index (χ1n) is 3.52. The molecule has 0 heterocycles. The SMILES string of the molecule is CCOC(=O)C(C#N)=NC(=C=[N-])C#N. The van der Waals surface area contributed by atoms with Crippen molar-refractivity contribution in [1.29, 1.82) is 10.5 Å². The Labute approximate surface area is 80.2 Å². The first-order chi connectivity index (χ1) is 6.69. The van der Waals surface area contributed by atoms with Gasteiger partial charge in [0.15, 0.2) is 5.70 Å². The Morgan fingerprint density at radius 2 is 2.14 bits per heavy atom. The number of rotatable bonds is 3. The smallest absolute Gasteiger partial charge is 0.368 e. The average molecular weight is 189 g/mol. The molecule has 0 aliphatic heterocycles. The van der Waals surface area contributed by atoms with E-state index in [0.717, 1.165) is 0 Å². The second-order valence-corrected chi connectivity index (χ2v) is 1.86. The molecule has 0 radical (unpaired) electrons. The summed E-state index contributed by atoms with van der Waals surface area (Å²) in [4.78, 5) is 14.2. The quantitative estimate of drug-likeness (QED) is 0.357. The van der Waals surface area contributed by atoms with Gasteiger partial charge in [-0.2, -0.15) is 10.5 Å². The molecule has 0 spiro atoms. The zero-order valence-corrected chi connectivity index (χ0v) is 7.31. The summed E-state index contributed by atoms with van der Waals surface area (Å²) in [5, 5.41) is 25.1. The van der Waals surface area contributed by atoms with Gasteiger partial charge in [0.2, 0.25) is 5.71 Å².